The molecule has 2 rings (SSSR count). The first-order valence-corrected chi connectivity index (χ1v) is 3.82. The van der Waals surface area contributed by atoms with Crippen LogP contribution in [0.4, 0.5) is 0 Å². The van der Waals surface area contributed by atoms with Gasteiger partial charge >= 0.3 is 0 Å². The summed E-state index contributed by atoms with van der Waals surface area (Å²) in [5, 5.41) is 4.00. The molecule has 4 nitrogen and oxygen atoms in total. The molecule has 2 heterocycles. The lowest BCUT2D eigenvalue weighted by molar-refractivity contribution is 0.112. The summed E-state index contributed by atoms with van der Waals surface area (Å²) in [5.41, 5.74) is 1.25. The van der Waals surface area contributed by atoms with Crippen molar-refractivity contribution in [3.63, 3.8) is 0 Å². The van der Waals surface area contributed by atoms with Gasteiger partial charge in [0.15, 0.2) is 6.29 Å². The van der Waals surface area contributed by atoms with Crippen molar-refractivity contribution in [2.45, 2.75) is 0 Å². The summed E-state index contributed by atoms with van der Waals surface area (Å²) in [5.74, 6) is 0.655. The van der Waals surface area contributed by atoms with Gasteiger partial charge in [-0.1, -0.05) is 0 Å². The Morgan fingerprint density at radius 1 is 1.62 bits per heavy atom. The number of fused-ring (bicyclic) bond motifs is 1. The molecule has 0 atom stereocenters. The number of rotatable bonds is 2. The van der Waals surface area contributed by atoms with Gasteiger partial charge in [-0.3, -0.25) is 4.79 Å². The molecule has 2 aromatic heterocycles. The van der Waals surface area contributed by atoms with E-state index in [0.717, 1.165) is 6.29 Å². The highest BCUT2D eigenvalue weighted by Gasteiger charge is 2.07. The Kier molecular flexibility index (Phi) is 1.73. The summed E-state index contributed by atoms with van der Waals surface area (Å²) >= 11 is 0. The van der Waals surface area contributed by atoms with Crippen LogP contribution in [0.5, 0.6) is 5.75 Å². The molecule has 0 aliphatic rings. The zero-order valence-corrected chi connectivity index (χ0v) is 7.10. The van der Waals surface area contributed by atoms with E-state index in [1.807, 2.05) is 6.07 Å². The number of aromatic nitrogens is 2. The fourth-order valence-electron chi connectivity index (χ4n) is 1.29. The van der Waals surface area contributed by atoms with E-state index in [1.54, 1.807) is 23.9 Å². The predicted molar refractivity (Wildman–Crippen MR) is 47.1 cm³/mol. The standard InChI is InChI=1S/C9H8N2O2/c1-13-8-3-2-4-11-9(8)7(6-12)5-10-11/h2-6H,1H3. The third-order valence-electron chi connectivity index (χ3n) is 1.88. The highest BCUT2D eigenvalue weighted by Crippen LogP contribution is 2.21. The number of hydrogen-bond donors (Lipinski definition) is 0. The molecule has 4 heteroatoms. The lowest BCUT2D eigenvalue weighted by Crippen LogP contribution is -1.91. The average Bonchev–Trinajstić information content (AvgIpc) is 2.60. The first kappa shape index (κ1) is 7.79. The van der Waals surface area contributed by atoms with Crippen molar-refractivity contribution in [3.8, 4) is 5.75 Å². The molecule has 2 aromatic rings. The average molecular weight is 176 g/mol. The highest BCUT2D eigenvalue weighted by molar-refractivity contribution is 5.88. The summed E-state index contributed by atoms with van der Waals surface area (Å²) in [6.45, 7) is 0. The van der Waals surface area contributed by atoms with Crippen LogP contribution in [-0.2, 0) is 0 Å². The Labute approximate surface area is 74.7 Å². The number of ether oxygens (including phenoxy) is 1. The Morgan fingerprint density at radius 2 is 2.46 bits per heavy atom. The lowest BCUT2D eigenvalue weighted by Gasteiger charge is -2.01. The van der Waals surface area contributed by atoms with Gasteiger partial charge in [0.25, 0.3) is 0 Å². The zero-order chi connectivity index (χ0) is 9.26. The maximum Gasteiger partial charge on any atom is 0.153 e. The third-order valence-corrected chi connectivity index (χ3v) is 1.88. The molecule has 0 fully saturated rings. The van der Waals surface area contributed by atoms with Crippen LogP contribution in [0, 0.1) is 0 Å². The van der Waals surface area contributed by atoms with Gasteiger partial charge in [-0.15, -0.1) is 0 Å². The lowest BCUT2D eigenvalue weighted by atomic mass is 10.3. The van der Waals surface area contributed by atoms with Gasteiger partial charge < -0.3 is 4.74 Å². The van der Waals surface area contributed by atoms with E-state index in [0.29, 0.717) is 16.8 Å². The summed E-state index contributed by atoms with van der Waals surface area (Å²) in [7, 11) is 1.57. The fraction of sp³-hybridized carbons (Fsp3) is 0.111. The highest BCUT2D eigenvalue weighted by atomic mass is 16.5. The minimum atomic E-state index is 0.539. The number of hydrogen-bond acceptors (Lipinski definition) is 3. The van der Waals surface area contributed by atoms with Crippen molar-refractivity contribution in [2.24, 2.45) is 0 Å². The van der Waals surface area contributed by atoms with E-state index in [4.69, 9.17) is 4.74 Å². The van der Waals surface area contributed by atoms with Gasteiger partial charge in [-0.05, 0) is 12.1 Å². The van der Waals surface area contributed by atoms with E-state index in [9.17, 15) is 4.79 Å². The smallest absolute Gasteiger partial charge is 0.153 e. The van der Waals surface area contributed by atoms with Crippen LogP contribution in [0.15, 0.2) is 24.5 Å². The van der Waals surface area contributed by atoms with Crippen molar-refractivity contribution in [1.29, 1.82) is 0 Å². The zero-order valence-electron chi connectivity index (χ0n) is 7.10. The Balaban J connectivity index is 2.83. The van der Waals surface area contributed by atoms with Gasteiger partial charge in [0.05, 0.1) is 18.9 Å². The predicted octanol–water partition coefficient (Wildman–Crippen LogP) is 1.16. The first-order chi connectivity index (χ1) is 6.36. The number of carbonyl (C=O) groups excluding carboxylic acids is 1. The normalized spacial score (nSPS) is 10.2. The maximum atomic E-state index is 10.6. The van der Waals surface area contributed by atoms with E-state index in [-0.39, 0.29) is 0 Å². The summed E-state index contributed by atoms with van der Waals surface area (Å²) in [6, 6.07) is 3.61. The number of methoxy groups -OCH3 is 1. The van der Waals surface area contributed by atoms with Crippen molar-refractivity contribution < 1.29 is 9.53 Å². The van der Waals surface area contributed by atoms with Gasteiger partial charge in [-0.25, -0.2) is 4.52 Å². The number of nitrogens with zero attached hydrogens (tertiary/aromatic N) is 2. The summed E-state index contributed by atoms with van der Waals surface area (Å²) in [4.78, 5) is 10.6. The summed E-state index contributed by atoms with van der Waals surface area (Å²) in [6.07, 6.45) is 4.06. The molecular formula is C9H8N2O2. The van der Waals surface area contributed by atoms with Crippen molar-refractivity contribution >= 4 is 11.8 Å². The van der Waals surface area contributed by atoms with Crippen LogP contribution in [0.2, 0.25) is 0 Å². The van der Waals surface area contributed by atoms with Crippen LogP contribution in [-0.4, -0.2) is 23.0 Å². The molecular weight excluding hydrogens is 168 g/mol. The molecule has 0 bridgehead atoms. The SMILES string of the molecule is COc1cccn2ncc(C=O)c12. The molecule has 0 saturated heterocycles. The molecule has 0 aliphatic carbocycles. The van der Waals surface area contributed by atoms with E-state index < -0.39 is 0 Å². The van der Waals surface area contributed by atoms with Gasteiger partial charge in [0.2, 0.25) is 0 Å². The van der Waals surface area contributed by atoms with Crippen LogP contribution in [0.1, 0.15) is 10.4 Å². The van der Waals surface area contributed by atoms with Crippen LogP contribution >= 0.6 is 0 Å². The van der Waals surface area contributed by atoms with Crippen LogP contribution < -0.4 is 4.74 Å². The van der Waals surface area contributed by atoms with Gasteiger partial charge in [0, 0.05) is 6.20 Å². The van der Waals surface area contributed by atoms with E-state index in [1.165, 1.54) is 6.20 Å². The Hall–Kier alpha value is -1.84. The van der Waals surface area contributed by atoms with Crippen molar-refractivity contribution in [2.75, 3.05) is 7.11 Å². The fourth-order valence-corrected chi connectivity index (χ4v) is 1.29. The number of carbonyl (C=O) groups is 1. The number of pyridine rings is 1. The molecule has 0 aromatic carbocycles. The van der Waals surface area contributed by atoms with E-state index in [2.05, 4.69) is 5.10 Å². The molecule has 0 saturated carbocycles. The van der Waals surface area contributed by atoms with Gasteiger partial charge in [0.1, 0.15) is 11.3 Å². The van der Waals surface area contributed by atoms with Crippen molar-refractivity contribution in [1.82, 2.24) is 9.61 Å². The molecule has 66 valence electrons. The second-order valence-electron chi connectivity index (χ2n) is 2.59. The van der Waals surface area contributed by atoms with Gasteiger partial charge in [-0.2, -0.15) is 5.10 Å². The molecule has 0 unspecified atom stereocenters. The minimum absolute atomic E-state index is 0.539. The third kappa shape index (κ3) is 1.07. The molecule has 0 aliphatic heterocycles. The monoisotopic (exact) mass is 176 g/mol. The Bertz CT molecular complexity index is 448. The molecule has 0 amide bonds. The molecule has 0 N–H and O–H groups in total. The maximum absolute atomic E-state index is 10.6. The molecule has 0 spiro atoms. The van der Waals surface area contributed by atoms with E-state index >= 15 is 0 Å². The second-order valence-corrected chi connectivity index (χ2v) is 2.59. The quantitative estimate of drug-likeness (QED) is 0.645. The molecule has 13 heavy (non-hydrogen) atoms. The molecule has 0 radical (unpaired) electrons. The largest absolute Gasteiger partial charge is 0.494 e. The number of aldehydes is 1. The first-order valence-electron chi connectivity index (χ1n) is 3.82. The van der Waals surface area contributed by atoms with Crippen molar-refractivity contribution in [3.05, 3.63) is 30.1 Å². The topological polar surface area (TPSA) is 43.6 Å². The van der Waals surface area contributed by atoms with Crippen LogP contribution in [0.25, 0.3) is 5.52 Å². The Morgan fingerprint density at radius 3 is 3.15 bits per heavy atom. The summed E-state index contributed by atoms with van der Waals surface area (Å²) < 4.78 is 6.72. The minimum Gasteiger partial charge on any atom is -0.494 e. The second kappa shape index (κ2) is 2.90. The van der Waals surface area contributed by atoms with Crippen LogP contribution in [0.3, 0.4) is 0 Å².